The standard InChI is InChI=1S/C13H13FN4O2/c1-8-5-9(14)7-10(6-8)16-13-11(18(19)20)3-4-12(15-2)17-13/h3-7H,1-2H3,(H2,15,16,17). The maximum Gasteiger partial charge on any atom is 0.311 e. The molecule has 0 saturated heterocycles. The summed E-state index contributed by atoms with van der Waals surface area (Å²) in [4.78, 5) is 14.5. The first-order valence-electron chi connectivity index (χ1n) is 5.87. The van der Waals surface area contributed by atoms with Gasteiger partial charge in [0.25, 0.3) is 0 Å². The number of benzene rings is 1. The molecule has 0 radical (unpaired) electrons. The molecule has 0 unspecified atom stereocenters. The SMILES string of the molecule is CNc1ccc([N+](=O)[O-])c(Nc2cc(C)cc(F)c2)n1. The normalized spacial score (nSPS) is 10.2. The molecule has 0 spiro atoms. The van der Waals surface area contributed by atoms with Gasteiger partial charge >= 0.3 is 5.69 Å². The van der Waals surface area contributed by atoms with Crippen molar-refractivity contribution in [1.29, 1.82) is 0 Å². The van der Waals surface area contributed by atoms with Gasteiger partial charge in [0.05, 0.1) is 4.92 Å². The summed E-state index contributed by atoms with van der Waals surface area (Å²) in [6.07, 6.45) is 0. The molecular weight excluding hydrogens is 263 g/mol. The van der Waals surface area contributed by atoms with Gasteiger partial charge in [-0.1, -0.05) is 0 Å². The number of halogens is 1. The molecule has 104 valence electrons. The van der Waals surface area contributed by atoms with Crippen molar-refractivity contribution in [3.05, 3.63) is 51.8 Å². The van der Waals surface area contributed by atoms with Crippen molar-refractivity contribution >= 4 is 23.0 Å². The van der Waals surface area contributed by atoms with Crippen molar-refractivity contribution in [2.45, 2.75) is 6.92 Å². The first-order valence-corrected chi connectivity index (χ1v) is 5.87. The molecule has 0 aliphatic heterocycles. The summed E-state index contributed by atoms with van der Waals surface area (Å²) in [5.74, 6) is 0.123. The third kappa shape index (κ3) is 3.00. The van der Waals surface area contributed by atoms with Gasteiger partial charge in [0.2, 0.25) is 5.82 Å². The average Bonchev–Trinajstić information content (AvgIpc) is 2.37. The van der Waals surface area contributed by atoms with Crippen molar-refractivity contribution < 1.29 is 9.31 Å². The summed E-state index contributed by atoms with van der Waals surface area (Å²) >= 11 is 0. The van der Waals surface area contributed by atoms with Crippen molar-refractivity contribution in [1.82, 2.24) is 4.98 Å². The molecule has 2 rings (SSSR count). The Morgan fingerprint density at radius 3 is 2.65 bits per heavy atom. The molecule has 0 saturated carbocycles. The summed E-state index contributed by atoms with van der Waals surface area (Å²) in [6.45, 7) is 1.74. The largest absolute Gasteiger partial charge is 0.373 e. The molecule has 1 heterocycles. The van der Waals surface area contributed by atoms with E-state index in [0.717, 1.165) is 0 Å². The van der Waals surface area contributed by atoms with E-state index in [2.05, 4.69) is 15.6 Å². The average molecular weight is 276 g/mol. The molecule has 0 bridgehead atoms. The molecule has 2 N–H and O–H groups in total. The number of hydrogen-bond donors (Lipinski definition) is 2. The van der Waals surface area contributed by atoms with Crippen LogP contribution in [0.1, 0.15) is 5.56 Å². The minimum Gasteiger partial charge on any atom is -0.373 e. The van der Waals surface area contributed by atoms with E-state index in [9.17, 15) is 14.5 Å². The number of nitro groups is 1. The van der Waals surface area contributed by atoms with Gasteiger partial charge in [-0.15, -0.1) is 0 Å². The minimum atomic E-state index is -0.541. The first kappa shape index (κ1) is 13.7. The van der Waals surface area contributed by atoms with Crippen LogP contribution in [0.2, 0.25) is 0 Å². The Kier molecular flexibility index (Phi) is 3.79. The summed E-state index contributed by atoms with van der Waals surface area (Å²) in [5, 5.41) is 16.5. The molecule has 0 aliphatic carbocycles. The van der Waals surface area contributed by atoms with Crippen LogP contribution in [0, 0.1) is 22.9 Å². The first-order chi connectivity index (χ1) is 9.49. The fourth-order valence-electron chi connectivity index (χ4n) is 1.78. The van der Waals surface area contributed by atoms with Crippen LogP contribution in [-0.4, -0.2) is 17.0 Å². The summed E-state index contributed by atoms with van der Waals surface area (Å²) in [6, 6.07) is 7.15. The van der Waals surface area contributed by atoms with Gasteiger partial charge in [-0.3, -0.25) is 10.1 Å². The lowest BCUT2D eigenvalue weighted by molar-refractivity contribution is -0.384. The Morgan fingerprint density at radius 2 is 2.05 bits per heavy atom. The number of pyridine rings is 1. The van der Waals surface area contributed by atoms with Crippen molar-refractivity contribution in [3.63, 3.8) is 0 Å². The van der Waals surface area contributed by atoms with E-state index in [0.29, 0.717) is 17.1 Å². The second-order valence-corrected chi connectivity index (χ2v) is 4.21. The number of aromatic nitrogens is 1. The number of anilines is 3. The summed E-state index contributed by atoms with van der Waals surface area (Å²) in [5.41, 5.74) is 0.942. The van der Waals surface area contributed by atoms with Crippen LogP contribution in [0.5, 0.6) is 0 Å². The molecule has 0 fully saturated rings. The quantitative estimate of drug-likeness (QED) is 0.662. The van der Waals surface area contributed by atoms with E-state index in [1.807, 2.05) is 0 Å². The van der Waals surface area contributed by atoms with E-state index in [4.69, 9.17) is 0 Å². The molecule has 7 heteroatoms. The highest BCUT2D eigenvalue weighted by molar-refractivity contribution is 5.68. The zero-order valence-corrected chi connectivity index (χ0v) is 11.0. The zero-order valence-electron chi connectivity index (χ0n) is 11.0. The predicted molar refractivity (Wildman–Crippen MR) is 74.9 cm³/mol. The van der Waals surface area contributed by atoms with Crippen LogP contribution in [0.25, 0.3) is 0 Å². The summed E-state index contributed by atoms with van der Waals surface area (Å²) in [7, 11) is 1.66. The van der Waals surface area contributed by atoms with E-state index >= 15 is 0 Å². The Morgan fingerprint density at radius 1 is 1.30 bits per heavy atom. The van der Waals surface area contributed by atoms with Gasteiger partial charge in [0, 0.05) is 18.8 Å². The van der Waals surface area contributed by atoms with Crippen LogP contribution in [-0.2, 0) is 0 Å². The van der Waals surface area contributed by atoms with Gasteiger partial charge in [-0.25, -0.2) is 9.37 Å². The van der Waals surface area contributed by atoms with E-state index in [-0.39, 0.29) is 11.5 Å². The van der Waals surface area contributed by atoms with Crippen molar-refractivity contribution in [2.75, 3.05) is 17.7 Å². The van der Waals surface area contributed by atoms with Crippen LogP contribution in [0.3, 0.4) is 0 Å². The minimum absolute atomic E-state index is 0.0619. The second kappa shape index (κ2) is 5.52. The van der Waals surface area contributed by atoms with Gasteiger partial charge in [-0.2, -0.15) is 0 Å². The predicted octanol–water partition coefficient (Wildman–Crippen LogP) is 3.22. The molecule has 0 atom stereocenters. The number of aryl methyl sites for hydroxylation is 1. The highest BCUT2D eigenvalue weighted by atomic mass is 19.1. The maximum atomic E-state index is 13.3. The lowest BCUT2D eigenvalue weighted by Crippen LogP contribution is -2.02. The fraction of sp³-hybridized carbons (Fsp3) is 0.154. The van der Waals surface area contributed by atoms with E-state index in [1.165, 1.54) is 24.3 Å². The van der Waals surface area contributed by atoms with E-state index in [1.54, 1.807) is 20.0 Å². The Balaban J connectivity index is 2.42. The number of nitrogens with one attached hydrogen (secondary N) is 2. The highest BCUT2D eigenvalue weighted by Gasteiger charge is 2.16. The number of rotatable bonds is 4. The fourth-order valence-corrected chi connectivity index (χ4v) is 1.78. The van der Waals surface area contributed by atoms with Crippen LogP contribution in [0.4, 0.5) is 27.4 Å². The van der Waals surface area contributed by atoms with Crippen LogP contribution in [0.15, 0.2) is 30.3 Å². The molecule has 1 aromatic heterocycles. The topological polar surface area (TPSA) is 80.1 Å². The Hall–Kier alpha value is -2.70. The molecule has 1 aromatic carbocycles. The van der Waals surface area contributed by atoms with Gasteiger partial charge < -0.3 is 10.6 Å². The molecule has 6 nitrogen and oxygen atoms in total. The van der Waals surface area contributed by atoms with Gasteiger partial charge in [-0.05, 0) is 36.8 Å². The second-order valence-electron chi connectivity index (χ2n) is 4.21. The Labute approximate surface area is 114 Å². The van der Waals surface area contributed by atoms with Gasteiger partial charge in [0.15, 0.2) is 0 Å². The van der Waals surface area contributed by atoms with Gasteiger partial charge in [0.1, 0.15) is 11.6 Å². The molecule has 20 heavy (non-hydrogen) atoms. The third-order valence-corrected chi connectivity index (χ3v) is 2.63. The number of nitrogens with zero attached hydrogens (tertiary/aromatic N) is 2. The molecular formula is C13H13FN4O2. The van der Waals surface area contributed by atoms with Crippen molar-refractivity contribution in [2.24, 2.45) is 0 Å². The van der Waals surface area contributed by atoms with Crippen LogP contribution < -0.4 is 10.6 Å². The maximum absolute atomic E-state index is 13.3. The van der Waals surface area contributed by atoms with Crippen molar-refractivity contribution in [3.8, 4) is 0 Å². The smallest absolute Gasteiger partial charge is 0.311 e. The molecule has 2 aromatic rings. The summed E-state index contributed by atoms with van der Waals surface area (Å²) < 4.78 is 13.3. The van der Waals surface area contributed by atoms with Crippen LogP contribution >= 0.6 is 0 Å². The molecule has 0 aliphatic rings. The molecule has 0 amide bonds. The van der Waals surface area contributed by atoms with E-state index < -0.39 is 10.7 Å². The zero-order chi connectivity index (χ0) is 14.7. The lowest BCUT2D eigenvalue weighted by atomic mass is 10.2. The Bertz CT molecular complexity index is 641. The lowest BCUT2D eigenvalue weighted by Gasteiger charge is -2.09. The third-order valence-electron chi connectivity index (χ3n) is 2.63. The highest BCUT2D eigenvalue weighted by Crippen LogP contribution is 2.27. The monoisotopic (exact) mass is 276 g/mol. The number of hydrogen-bond acceptors (Lipinski definition) is 5.